The number of fused-ring (bicyclic) bond motifs is 2. The highest BCUT2D eigenvalue weighted by Gasteiger charge is 2.47. The molecule has 1 N–H and O–H groups in total. The molecule has 1 nitrogen and oxygen atoms in total. The molecule has 0 aromatic heterocycles. The van der Waals surface area contributed by atoms with Gasteiger partial charge in [0.2, 0.25) is 0 Å². The summed E-state index contributed by atoms with van der Waals surface area (Å²) in [5.74, 6) is 3.89. The maximum absolute atomic E-state index is 9.63. The Morgan fingerprint density at radius 2 is 1.93 bits per heavy atom. The van der Waals surface area contributed by atoms with Crippen LogP contribution in [0.3, 0.4) is 0 Å². The fourth-order valence-corrected chi connectivity index (χ4v) is 4.37. The lowest BCUT2D eigenvalue weighted by atomic mass is 9.73. The van der Waals surface area contributed by atoms with Gasteiger partial charge in [0.15, 0.2) is 0 Å². The van der Waals surface area contributed by atoms with E-state index in [4.69, 9.17) is 0 Å². The van der Waals surface area contributed by atoms with Crippen LogP contribution in [0.25, 0.3) is 0 Å². The quantitative estimate of drug-likeness (QED) is 0.752. The zero-order valence-corrected chi connectivity index (χ0v) is 9.91. The normalized spacial score (nSPS) is 43.2. The Hall–Kier alpha value is -0.0400. The van der Waals surface area contributed by atoms with E-state index in [2.05, 4.69) is 6.92 Å². The lowest BCUT2D eigenvalue weighted by Gasteiger charge is -2.34. The van der Waals surface area contributed by atoms with E-state index in [1.165, 1.54) is 44.9 Å². The Bertz CT molecular complexity index is 246. The van der Waals surface area contributed by atoms with Crippen molar-refractivity contribution < 1.29 is 5.11 Å². The van der Waals surface area contributed by atoms with E-state index >= 15 is 0 Å². The van der Waals surface area contributed by atoms with Crippen LogP contribution in [0.1, 0.15) is 51.9 Å². The van der Waals surface area contributed by atoms with Gasteiger partial charge in [-0.05, 0) is 67.6 Å². The van der Waals surface area contributed by atoms with Crippen molar-refractivity contribution in [3.63, 3.8) is 0 Å². The molecule has 3 saturated carbocycles. The number of hydrogen-bond acceptors (Lipinski definition) is 1. The summed E-state index contributed by atoms with van der Waals surface area (Å²) in [6.45, 7) is 2.75. The molecule has 1 heteroatoms. The first-order valence-electron chi connectivity index (χ1n) is 6.82. The van der Waals surface area contributed by atoms with Gasteiger partial charge in [-0.2, -0.15) is 0 Å². The molecule has 2 bridgehead atoms. The van der Waals surface area contributed by atoms with Crippen LogP contribution >= 0.6 is 0 Å². The lowest BCUT2D eigenvalue weighted by molar-refractivity contribution is 0.0776. The van der Waals surface area contributed by atoms with Crippen molar-refractivity contribution in [2.75, 3.05) is 6.61 Å². The summed E-state index contributed by atoms with van der Waals surface area (Å²) in [5, 5.41) is 9.63. The maximum Gasteiger partial charge on any atom is 0.0487 e. The van der Waals surface area contributed by atoms with E-state index in [1.54, 1.807) is 0 Å². The van der Waals surface area contributed by atoms with Gasteiger partial charge in [-0.25, -0.2) is 0 Å². The van der Waals surface area contributed by atoms with Crippen LogP contribution in [0, 0.1) is 29.1 Å². The zero-order chi connectivity index (χ0) is 10.5. The molecule has 0 heterocycles. The van der Waals surface area contributed by atoms with Gasteiger partial charge < -0.3 is 5.11 Å². The molecule has 3 aliphatic carbocycles. The summed E-state index contributed by atoms with van der Waals surface area (Å²) in [6.07, 6.45) is 10.0. The Kier molecular flexibility index (Phi) is 2.35. The predicted octanol–water partition coefficient (Wildman–Crippen LogP) is 3.22. The second kappa shape index (κ2) is 3.48. The van der Waals surface area contributed by atoms with Gasteiger partial charge in [-0.1, -0.05) is 13.3 Å². The molecule has 0 saturated heterocycles. The SMILES string of the molecule is CC(CO)(CC1CC2CCC1C2)C1CC1. The van der Waals surface area contributed by atoms with Crippen LogP contribution in [0.2, 0.25) is 0 Å². The molecular formula is C14H24O. The summed E-state index contributed by atoms with van der Waals surface area (Å²) in [7, 11) is 0. The first-order valence-corrected chi connectivity index (χ1v) is 6.82. The van der Waals surface area contributed by atoms with E-state index in [0.717, 1.165) is 23.7 Å². The Balaban J connectivity index is 1.64. The second-order valence-corrected chi connectivity index (χ2v) is 6.73. The van der Waals surface area contributed by atoms with Crippen LogP contribution in [-0.2, 0) is 0 Å². The van der Waals surface area contributed by atoms with Crippen LogP contribution < -0.4 is 0 Å². The van der Waals surface area contributed by atoms with Crippen molar-refractivity contribution in [1.82, 2.24) is 0 Å². The molecule has 0 aromatic carbocycles. The van der Waals surface area contributed by atoms with Gasteiger partial charge in [-0.15, -0.1) is 0 Å². The van der Waals surface area contributed by atoms with Crippen molar-refractivity contribution in [2.45, 2.75) is 51.9 Å². The van der Waals surface area contributed by atoms with Crippen LogP contribution in [0.5, 0.6) is 0 Å². The van der Waals surface area contributed by atoms with Crippen LogP contribution in [0.15, 0.2) is 0 Å². The minimum absolute atomic E-state index is 0.273. The maximum atomic E-state index is 9.63. The number of rotatable bonds is 4. The number of hydrogen-bond donors (Lipinski definition) is 1. The first-order chi connectivity index (χ1) is 7.21. The Labute approximate surface area is 93.3 Å². The zero-order valence-electron chi connectivity index (χ0n) is 9.91. The molecule has 4 atom stereocenters. The molecule has 86 valence electrons. The molecule has 3 aliphatic rings. The summed E-state index contributed by atoms with van der Waals surface area (Å²) in [5.41, 5.74) is 0.273. The molecule has 4 unspecified atom stereocenters. The minimum atomic E-state index is 0.273. The number of aliphatic hydroxyl groups excluding tert-OH is 1. The smallest absolute Gasteiger partial charge is 0.0487 e. The third-order valence-electron chi connectivity index (χ3n) is 5.54. The highest BCUT2D eigenvalue weighted by Crippen LogP contribution is 2.56. The molecule has 15 heavy (non-hydrogen) atoms. The molecule has 3 fully saturated rings. The van der Waals surface area contributed by atoms with Crippen molar-refractivity contribution in [3.05, 3.63) is 0 Å². The predicted molar refractivity (Wildman–Crippen MR) is 61.5 cm³/mol. The summed E-state index contributed by atoms with van der Waals surface area (Å²) >= 11 is 0. The number of aliphatic hydroxyl groups is 1. The largest absolute Gasteiger partial charge is 0.396 e. The molecule has 0 aromatic rings. The standard InChI is InChI=1S/C14H24O/c1-14(9-15,13-4-5-13)8-12-7-10-2-3-11(12)6-10/h10-13,15H,2-9H2,1H3. The van der Waals surface area contributed by atoms with E-state index in [9.17, 15) is 5.11 Å². The molecule has 0 spiro atoms. The Morgan fingerprint density at radius 1 is 1.13 bits per heavy atom. The lowest BCUT2D eigenvalue weighted by Crippen LogP contribution is -2.29. The van der Waals surface area contributed by atoms with E-state index in [0.29, 0.717) is 6.61 Å². The molecular weight excluding hydrogens is 184 g/mol. The van der Waals surface area contributed by atoms with Crippen molar-refractivity contribution in [3.8, 4) is 0 Å². The van der Waals surface area contributed by atoms with Gasteiger partial charge in [0.25, 0.3) is 0 Å². The monoisotopic (exact) mass is 208 g/mol. The third kappa shape index (κ3) is 1.73. The molecule has 3 rings (SSSR count). The molecule has 0 radical (unpaired) electrons. The fourth-order valence-electron chi connectivity index (χ4n) is 4.37. The van der Waals surface area contributed by atoms with E-state index in [-0.39, 0.29) is 5.41 Å². The fraction of sp³-hybridized carbons (Fsp3) is 1.00. The van der Waals surface area contributed by atoms with Gasteiger partial charge in [0, 0.05) is 6.61 Å². The average molecular weight is 208 g/mol. The van der Waals surface area contributed by atoms with Gasteiger partial charge in [0.1, 0.15) is 0 Å². The van der Waals surface area contributed by atoms with E-state index < -0.39 is 0 Å². The molecule has 0 aliphatic heterocycles. The average Bonchev–Trinajstić information content (AvgIpc) is 2.92. The summed E-state index contributed by atoms with van der Waals surface area (Å²) in [4.78, 5) is 0. The van der Waals surface area contributed by atoms with Crippen LogP contribution in [0.4, 0.5) is 0 Å². The Morgan fingerprint density at radius 3 is 2.40 bits per heavy atom. The highest BCUT2D eigenvalue weighted by molar-refractivity contribution is 4.97. The van der Waals surface area contributed by atoms with Crippen molar-refractivity contribution >= 4 is 0 Å². The molecule has 0 amide bonds. The van der Waals surface area contributed by atoms with Gasteiger partial charge in [0.05, 0.1) is 0 Å². The van der Waals surface area contributed by atoms with Crippen LogP contribution in [-0.4, -0.2) is 11.7 Å². The van der Waals surface area contributed by atoms with Gasteiger partial charge in [-0.3, -0.25) is 0 Å². The summed E-state index contributed by atoms with van der Waals surface area (Å²) < 4.78 is 0. The van der Waals surface area contributed by atoms with Gasteiger partial charge >= 0.3 is 0 Å². The third-order valence-corrected chi connectivity index (χ3v) is 5.54. The van der Waals surface area contributed by atoms with Crippen molar-refractivity contribution in [2.24, 2.45) is 29.1 Å². The summed E-state index contributed by atoms with van der Waals surface area (Å²) in [6, 6.07) is 0. The topological polar surface area (TPSA) is 20.2 Å². The highest BCUT2D eigenvalue weighted by atomic mass is 16.3. The van der Waals surface area contributed by atoms with E-state index in [1.807, 2.05) is 0 Å². The minimum Gasteiger partial charge on any atom is -0.396 e. The first kappa shape index (κ1) is 10.1. The van der Waals surface area contributed by atoms with Crippen molar-refractivity contribution in [1.29, 1.82) is 0 Å². The second-order valence-electron chi connectivity index (χ2n) is 6.73.